The van der Waals surface area contributed by atoms with Crippen LogP contribution in [0.1, 0.15) is 23.2 Å². The lowest BCUT2D eigenvalue weighted by Gasteiger charge is -2.34. The Hall–Kier alpha value is -4.41. The van der Waals surface area contributed by atoms with E-state index in [-0.39, 0.29) is 17.9 Å². The molecule has 216 valence electrons. The molecule has 2 amide bonds. The number of aromatic amines is 1. The van der Waals surface area contributed by atoms with Crippen molar-refractivity contribution in [2.24, 2.45) is 0 Å². The molecule has 4 aromatic rings. The number of nitrogens with one attached hydrogen (secondary N) is 4. The summed E-state index contributed by atoms with van der Waals surface area (Å²) >= 11 is 6.50. The summed E-state index contributed by atoms with van der Waals surface area (Å²) in [5, 5.41) is 11.2. The maximum atomic E-state index is 13.5. The molecule has 6 rings (SSSR count). The third-order valence-corrected chi connectivity index (χ3v) is 8.13. The van der Waals surface area contributed by atoms with Crippen LogP contribution in [0.3, 0.4) is 0 Å². The fourth-order valence-corrected chi connectivity index (χ4v) is 5.80. The number of benzene rings is 2. The van der Waals surface area contributed by atoms with E-state index in [1.807, 2.05) is 47.5 Å². The molecule has 0 bridgehead atoms. The number of carbonyl (C=O) groups excluding carboxylic acids is 2. The molecule has 0 atom stereocenters. The fraction of sp³-hybridized carbons (Fsp3) is 0.290. The maximum absolute atomic E-state index is 13.5. The van der Waals surface area contributed by atoms with Gasteiger partial charge in [-0.2, -0.15) is 0 Å². The molecule has 2 fully saturated rings. The first kappa shape index (κ1) is 27.7. The van der Waals surface area contributed by atoms with E-state index < -0.39 is 0 Å². The molecule has 4 N–H and O–H groups in total. The number of rotatable bonds is 7. The minimum Gasteiger partial charge on any atom is -0.367 e. The lowest BCUT2D eigenvalue weighted by Crippen LogP contribution is -2.44. The predicted molar refractivity (Wildman–Crippen MR) is 167 cm³/mol. The van der Waals surface area contributed by atoms with Gasteiger partial charge in [0.25, 0.3) is 5.91 Å². The van der Waals surface area contributed by atoms with Crippen LogP contribution in [0.25, 0.3) is 22.2 Å². The number of fused-ring (bicyclic) bond motifs is 1. The van der Waals surface area contributed by atoms with Gasteiger partial charge in [0.2, 0.25) is 11.9 Å². The molecular formula is C31H33ClN8O2. The summed E-state index contributed by atoms with van der Waals surface area (Å²) in [7, 11) is 0. The number of amides is 2. The molecule has 0 radical (unpaired) electrons. The summed E-state index contributed by atoms with van der Waals surface area (Å²) in [4.78, 5) is 42.1. The average Bonchev–Trinajstić information content (AvgIpc) is 3.46. The molecule has 0 spiro atoms. The minimum absolute atomic E-state index is 0.0178. The first-order valence-electron chi connectivity index (χ1n) is 14.2. The lowest BCUT2D eigenvalue weighted by molar-refractivity contribution is -0.111. The number of hydrogen-bond donors (Lipinski definition) is 4. The number of para-hydroxylation sites is 1. The highest BCUT2D eigenvalue weighted by Crippen LogP contribution is 2.33. The van der Waals surface area contributed by atoms with Crippen LogP contribution < -0.4 is 20.9 Å². The van der Waals surface area contributed by atoms with Gasteiger partial charge >= 0.3 is 0 Å². The molecule has 2 saturated heterocycles. The van der Waals surface area contributed by atoms with Gasteiger partial charge < -0.3 is 30.7 Å². The van der Waals surface area contributed by atoms with Crippen molar-refractivity contribution >= 4 is 51.6 Å². The third-order valence-electron chi connectivity index (χ3n) is 7.85. The second-order valence-corrected chi connectivity index (χ2v) is 10.9. The van der Waals surface area contributed by atoms with Crippen LogP contribution in [-0.2, 0) is 4.79 Å². The fourth-order valence-electron chi connectivity index (χ4n) is 5.61. The average molecular weight is 585 g/mol. The highest BCUT2D eigenvalue weighted by atomic mass is 35.5. The quantitative estimate of drug-likeness (QED) is 0.236. The van der Waals surface area contributed by atoms with Crippen LogP contribution in [0, 0.1) is 0 Å². The topological polar surface area (TPSA) is 118 Å². The Bertz CT molecular complexity index is 1620. The van der Waals surface area contributed by atoms with Gasteiger partial charge in [-0.1, -0.05) is 36.4 Å². The highest BCUT2D eigenvalue weighted by Gasteiger charge is 2.26. The Balaban J connectivity index is 1.13. The number of anilines is 3. The molecule has 2 aromatic heterocycles. The summed E-state index contributed by atoms with van der Waals surface area (Å²) in [6.07, 6.45) is 6.32. The molecule has 2 aliphatic heterocycles. The minimum atomic E-state index is -0.279. The zero-order valence-electron chi connectivity index (χ0n) is 23.2. The van der Waals surface area contributed by atoms with Crippen molar-refractivity contribution in [1.29, 1.82) is 0 Å². The van der Waals surface area contributed by atoms with E-state index in [2.05, 4.69) is 37.4 Å². The van der Waals surface area contributed by atoms with Crippen LogP contribution in [0.4, 0.5) is 17.3 Å². The SMILES string of the molecule is C=CC(=O)Nc1ccc(C(=O)N2CCC(Nc3ncc(Cl)c(-c4c[nH]c5ccccc45)n3)CC2)cc1N1CCNCC1. The van der Waals surface area contributed by atoms with Gasteiger partial charge in [-0.05, 0) is 43.2 Å². The zero-order valence-corrected chi connectivity index (χ0v) is 24.0. The van der Waals surface area contributed by atoms with Crippen LogP contribution >= 0.6 is 11.6 Å². The van der Waals surface area contributed by atoms with Crippen LogP contribution in [0.5, 0.6) is 0 Å². The Labute approximate surface area is 249 Å². The van der Waals surface area contributed by atoms with E-state index in [4.69, 9.17) is 16.6 Å². The van der Waals surface area contributed by atoms with Gasteiger partial charge in [0, 0.05) is 73.5 Å². The second kappa shape index (κ2) is 12.2. The van der Waals surface area contributed by atoms with Crippen molar-refractivity contribution in [1.82, 2.24) is 25.2 Å². The van der Waals surface area contributed by atoms with E-state index in [0.717, 1.165) is 61.2 Å². The second-order valence-electron chi connectivity index (χ2n) is 10.5. The van der Waals surface area contributed by atoms with Gasteiger partial charge in [-0.25, -0.2) is 9.97 Å². The van der Waals surface area contributed by atoms with Crippen molar-refractivity contribution < 1.29 is 9.59 Å². The Morgan fingerprint density at radius 2 is 1.86 bits per heavy atom. The number of aromatic nitrogens is 3. The molecule has 2 aromatic carbocycles. The zero-order chi connectivity index (χ0) is 29.1. The molecule has 42 heavy (non-hydrogen) atoms. The summed E-state index contributed by atoms with van der Waals surface area (Å²) in [5.74, 6) is 0.219. The Morgan fingerprint density at radius 3 is 2.64 bits per heavy atom. The summed E-state index contributed by atoms with van der Waals surface area (Å²) in [5.41, 5.74) is 4.75. The largest absolute Gasteiger partial charge is 0.367 e. The van der Waals surface area contributed by atoms with Crippen molar-refractivity contribution in [3.63, 3.8) is 0 Å². The number of piperazine rings is 1. The van der Waals surface area contributed by atoms with E-state index in [1.54, 1.807) is 12.3 Å². The number of hydrogen-bond acceptors (Lipinski definition) is 7. The lowest BCUT2D eigenvalue weighted by atomic mass is 10.0. The molecule has 0 saturated carbocycles. The van der Waals surface area contributed by atoms with Gasteiger partial charge in [0.05, 0.1) is 28.3 Å². The van der Waals surface area contributed by atoms with E-state index in [1.165, 1.54) is 6.08 Å². The molecule has 11 heteroatoms. The standard InChI is InChI=1S/C31H33ClN8O2/c1-2-28(41)37-26-8-7-20(17-27(26)39-15-11-33-12-16-39)30(42)40-13-9-21(10-14-40)36-31-35-19-24(32)29(38-31)23-18-34-25-6-4-3-5-22(23)25/h2-8,17-19,21,33-34H,1,9-16H2,(H,37,41)(H,35,36,38). The number of H-pyrrole nitrogens is 1. The Morgan fingerprint density at radius 1 is 1.07 bits per heavy atom. The van der Waals surface area contributed by atoms with Gasteiger partial charge in [0.15, 0.2) is 0 Å². The highest BCUT2D eigenvalue weighted by molar-refractivity contribution is 6.33. The molecule has 2 aliphatic rings. The Kier molecular flexibility index (Phi) is 8.07. The molecule has 0 unspecified atom stereocenters. The van der Waals surface area contributed by atoms with Gasteiger partial charge in [-0.3, -0.25) is 9.59 Å². The summed E-state index contributed by atoms with van der Waals surface area (Å²) in [6.45, 7) is 8.04. The van der Waals surface area contributed by atoms with E-state index >= 15 is 0 Å². The van der Waals surface area contributed by atoms with Crippen LogP contribution in [0.2, 0.25) is 5.02 Å². The summed E-state index contributed by atoms with van der Waals surface area (Å²) in [6, 6.07) is 13.6. The van der Waals surface area contributed by atoms with Gasteiger partial charge in [0.1, 0.15) is 0 Å². The molecule has 4 heterocycles. The van der Waals surface area contributed by atoms with Crippen LogP contribution in [-0.4, -0.2) is 77.0 Å². The normalized spacial score (nSPS) is 15.9. The monoisotopic (exact) mass is 584 g/mol. The van der Waals surface area contributed by atoms with Crippen LogP contribution in [0.15, 0.2) is 67.5 Å². The smallest absolute Gasteiger partial charge is 0.253 e. The number of halogens is 1. The van der Waals surface area contributed by atoms with Crippen molar-refractivity contribution in [2.45, 2.75) is 18.9 Å². The van der Waals surface area contributed by atoms with Crippen molar-refractivity contribution in [3.05, 3.63) is 78.1 Å². The molecule has 0 aliphatic carbocycles. The van der Waals surface area contributed by atoms with Crippen molar-refractivity contribution in [2.75, 3.05) is 54.8 Å². The third kappa shape index (κ3) is 5.81. The van der Waals surface area contributed by atoms with Crippen molar-refractivity contribution in [3.8, 4) is 11.3 Å². The maximum Gasteiger partial charge on any atom is 0.253 e. The number of piperidine rings is 1. The predicted octanol–water partition coefficient (Wildman–Crippen LogP) is 4.53. The number of likely N-dealkylation sites (tertiary alicyclic amines) is 1. The van der Waals surface area contributed by atoms with Gasteiger partial charge in [-0.15, -0.1) is 0 Å². The number of nitrogens with zero attached hydrogens (tertiary/aromatic N) is 4. The first-order valence-corrected chi connectivity index (χ1v) is 14.6. The van der Waals surface area contributed by atoms with E-state index in [0.29, 0.717) is 41.0 Å². The summed E-state index contributed by atoms with van der Waals surface area (Å²) < 4.78 is 0. The molecule has 10 nitrogen and oxygen atoms in total. The first-order chi connectivity index (χ1) is 20.5. The molecular weight excluding hydrogens is 552 g/mol. The van der Waals surface area contributed by atoms with E-state index in [9.17, 15) is 9.59 Å². The number of carbonyl (C=O) groups is 2.